The summed E-state index contributed by atoms with van der Waals surface area (Å²) >= 11 is 0.320. The Morgan fingerprint density at radius 1 is 1.00 bits per heavy atom. The van der Waals surface area contributed by atoms with Crippen LogP contribution in [0.2, 0.25) is 0 Å². The van der Waals surface area contributed by atoms with Gasteiger partial charge in [-0.3, -0.25) is 0 Å². The van der Waals surface area contributed by atoms with E-state index < -0.39 is 0 Å². The normalized spacial score (nSPS) is 11.6. The third-order valence-electron chi connectivity index (χ3n) is 2.84. The Bertz CT molecular complexity index is 520. The van der Waals surface area contributed by atoms with Crippen molar-refractivity contribution >= 4 is 44.0 Å². The van der Waals surface area contributed by atoms with E-state index in [1.165, 1.54) is 23.7 Å². The van der Waals surface area contributed by atoms with Gasteiger partial charge in [0.2, 0.25) is 0 Å². The van der Waals surface area contributed by atoms with E-state index in [4.69, 9.17) is 0 Å². The molecular weight excluding hydrogens is 423 g/mol. The van der Waals surface area contributed by atoms with Gasteiger partial charge in [-0.1, -0.05) is 0 Å². The maximum atomic E-state index is 2.55. The van der Waals surface area contributed by atoms with Crippen LogP contribution in [0.5, 0.6) is 0 Å². The summed E-state index contributed by atoms with van der Waals surface area (Å²) in [7, 11) is 0. The predicted molar refractivity (Wildman–Crippen MR) is 91.3 cm³/mol. The first-order valence-electron chi connectivity index (χ1n) is 7.02. The quantitative estimate of drug-likeness (QED) is 0.578. The first-order chi connectivity index (χ1) is 9.88. The van der Waals surface area contributed by atoms with Crippen LogP contribution in [-0.4, -0.2) is 35.9 Å². The summed E-state index contributed by atoms with van der Waals surface area (Å²) in [5.41, 5.74) is 0. The van der Waals surface area contributed by atoms with Crippen molar-refractivity contribution in [1.82, 2.24) is 0 Å². The molecule has 0 aliphatic heterocycles. The molecule has 0 spiro atoms. The van der Waals surface area contributed by atoms with Crippen LogP contribution >= 0.6 is 0 Å². The first kappa shape index (κ1) is 15.9. The Labute approximate surface area is 138 Å². The number of benzene rings is 2. The molecule has 0 atom stereocenters. The maximum absolute atomic E-state index is 2.55. The molecular formula is C18H20SeTe. The molecule has 0 heterocycles. The Balaban J connectivity index is 2.02. The standard InChI is InChI=1S/C18H20SeTe/c1-2-3-12-18(20-17-13-8-5-9-14-17)15-19-16-10-6-4-7-11-16/h4-11,13-15H,2-3,12H2,1H3/b18-15-. The molecule has 0 aliphatic rings. The van der Waals surface area contributed by atoms with Gasteiger partial charge in [-0.2, -0.15) is 0 Å². The molecule has 0 aromatic heterocycles. The summed E-state index contributed by atoms with van der Waals surface area (Å²) in [5, 5.41) is 0. The van der Waals surface area contributed by atoms with Crippen molar-refractivity contribution in [3.05, 3.63) is 69.3 Å². The zero-order valence-corrected chi connectivity index (χ0v) is 15.8. The zero-order valence-electron chi connectivity index (χ0n) is 11.8. The molecule has 0 aliphatic carbocycles. The molecule has 2 rings (SSSR count). The fourth-order valence-corrected chi connectivity index (χ4v) is 7.16. The molecule has 0 radical (unpaired) electrons. The zero-order chi connectivity index (χ0) is 14.0. The van der Waals surface area contributed by atoms with Crippen LogP contribution in [-0.2, 0) is 0 Å². The molecule has 0 unspecified atom stereocenters. The van der Waals surface area contributed by atoms with Crippen LogP contribution in [0.15, 0.2) is 69.3 Å². The fraction of sp³-hybridized carbons (Fsp3) is 0.222. The number of unbranched alkanes of at least 4 members (excludes halogenated alkanes) is 1. The molecule has 0 bridgehead atoms. The number of allylic oxidation sites excluding steroid dienone is 1. The van der Waals surface area contributed by atoms with Gasteiger partial charge in [-0.15, -0.1) is 0 Å². The van der Waals surface area contributed by atoms with Crippen molar-refractivity contribution in [3.63, 3.8) is 0 Å². The van der Waals surface area contributed by atoms with Gasteiger partial charge >= 0.3 is 139 Å². The van der Waals surface area contributed by atoms with E-state index >= 15 is 0 Å². The second-order valence-corrected chi connectivity index (χ2v) is 9.94. The van der Waals surface area contributed by atoms with Gasteiger partial charge < -0.3 is 0 Å². The molecule has 0 N–H and O–H groups in total. The molecule has 0 nitrogen and oxygen atoms in total. The van der Waals surface area contributed by atoms with Crippen molar-refractivity contribution in [3.8, 4) is 0 Å². The van der Waals surface area contributed by atoms with E-state index in [1.54, 1.807) is 7.23 Å². The Kier molecular flexibility index (Phi) is 7.48. The molecule has 2 heteroatoms. The molecule has 0 amide bonds. The Hall–Kier alpha value is -0.511. The first-order valence-corrected chi connectivity index (χ1v) is 11.2. The summed E-state index contributed by atoms with van der Waals surface area (Å²) in [6, 6.07) is 21.9. The average molecular weight is 443 g/mol. The van der Waals surface area contributed by atoms with Gasteiger partial charge in [0, 0.05) is 0 Å². The van der Waals surface area contributed by atoms with E-state index in [9.17, 15) is 0 Å². The predicted octanol–water partition coefficient (Wildman–Crippen LogP) is 3.08. The molecule has 20 heavy (non-hydrogen) atoms. The minimum absolute atomic E-state index is 0.170. The number of rotatable bonds is 7. The second kappa shape index (κ2) is 9.43. The summed E-state index contributed by atoms with van der Waals surface area (Å²) in [5.74, 6) is 0. The molecule has 104 valence electrons. The third-order valence-corrected chi connectivity index (χ3v) is 8.99. The van der Waals surface area contributed by atoms with Crippen molar-refractivity contribution in [2.45, 2.75) is 26.2 Å². The van der Waals surface area contributed by atoms with Crippen LogP contribution in [0.1, 0.15) is 26.2 Å². The van der Waals surface area contributed by atoms with Crippen molar-refractivity contribution in [1.29, 1.82) is 0 Å². The van der Waals surface area contributed by atoms with E-state index in [2.05, 4.69) is 72.6 Å². The summed E-state index contributed by atoms with van der Waals surface area (Å²) in [4.78, 5) is 2.55. The molecule has 0 saturated heterocycles. The number of hydrogen-bond acceptors (Lipinski definition) is 0. The van der Waals surface area contributed by atoms with Crippen LogP contribution in [0.3, 0.4) is 0 Å². The van der Waals surface area contributed by atoms with Crippen molar-refractivity contribution in [2.75, 3.05) is 0 Å². The average Bonchev–Trinajstić information content (AvgIpc) is 2.52. The van der Waals surface area contributed by atoms with Crippen LogP contribution in [0, 0.1) is 0 Å². The monoisotopic (exact) mass is 446 g/mol. The number of hydrogen-bond donors (Lipinski definition) is 0. The fourth-order valence-electron chi connectivity index (χ4n) is 1.76. The van der Waals surface area contributed by atoms with Crippen LogP contribution < -0.4 is 8.07 Å². The van der Waals surface area contributed by atoms with E-state index in [0.717, 1.165) is 0 Å². The molecule has 0 saturated carbocycles. The van der Waals surface area contributed by atoms with Crippen LogP contribution in [0.4, 0.5) is 0 Å². The van der Waals surface area contributed by atoms with Gasteiger partial charge in [0.15, 0.2) is 0 Å². The van der Waals surface area contributed by atoms with Gasteiger partial charge in [0.1, 0.15) is 0 Å². The van der Waals surface area contributed by atoms with Gasteiger partial charge in [0.25, 0.3) is 0 Å². The van der Waals surface area contributed by atoms with E-state index in [-0.39, 0.29) is 20.9 Å². The van der Waals surface area contributed by atoms with E-state index in [1.807, 2.05) is 0 Å². The molecule has 2 aromatic carbocycles. The second-order valence-electron chi connectivity index (χ2n) is 4.53. The van der Waals surface area contributed by atoms with Gasteiger partial charge in [-0.25, -0.2) is 0 Å². The summed E-state index contributed by atoms with van der Waals surface area (Å²) in [6.07, 6.45) is 3.91. The van der Waals surface area contributed by atoms with Gasteiger partial charge in [0.05, 0.1) is 0 Å². The van der Waals surface area contributed by atoms with Crippen LogP contribution in [0.25, 0.3) is 0 Å². The van der Waals surface area contributed by atoms with Crippen molar-refractivity contribution in [2.24, 2.45) is 0 Å². The minimum atomic E-state index is -0.170. The topological polar surface area (TPSA) is 0 Å². The summed E-state index contributed by atoms with van der Waals surface area (Å²) < 4.78 is 4.77. The SMILES string of the molecule is CCCC/C(=C/[Se]c1ccccc1)[Te]c1ccccc1. The van der Waals surface area contributed by atoms with E-state index in [0.29, 0.717) is 15.0 Å². The Morgan fingerprint density at radius 3 is 2.30 bits per heavy atom. The Morgan fingerprint density at radius 2 is 1.65 bits per heavy atom. The summed E-state index contributed by atoms with van der Waals surface area (Å²) in [6.45, 7) is 2.28. The van der Waals surface area contributed by atoms with Gasteiger partial charge in [-0.05, 0) is 0 Å². The van der Waals surface area contributed by atoms with Crippen molar-refractivity contribution < 1.29 is 0 Å². The third kappa shape index (κ3) is 5.86. The molecule has 0 fully saturated rings. The molecule has 2 aromatic rings.